The number of ether oxygens (including phenoxy) is 2. The second kappa shape index (κ2) is 10.9. The molecule has 0 spiro atoms. The zero-order chi connectivity index (χ0) is 22.2. The fourth-order valence-electron chi connectivity index (χ4n) is 3.45. The molecule has 31 heavy (non-hydrogen) atoms. The fraction of sp³-hybridized carbons (Fsp3) is 0.333. The van der Waals surface area contributed by atoms with Crippen molar-refractivity contribution in [2.45, 2.75) is 45.8 Å². The maximum absolute atomic E-state index is 12.8. The smallest absolute Gasteiger partial charge is 0.338 e. The van der Waals surface area contributed by atoms with E-state index in [1.54, 1.807) is 6.92 Å². The molecule has 0 fully saturated rings. The van der Waals surface area contributed by atoms with Gasteiger partial charge in [-0.1, -0.05) is 49.2 Å². The molecule has 0 saturated heterocycles. The maximum atomic E-state index is 12.8. The van der Waals surface area contributed by atoms with Crippen LogP contribution in [0.5, 0.6) is 5.75 Å². The van der Waals surface area contributed by atoms with Crippen molar-refractivity contribution in [3.05, 3.63) is 76.0 Å². The van der Waals surface area contributed by atoms with Gasteiger partial charge in [-0.15, -0.1) is 0 Å². The van der Waals surface area contributed by atoms with Crippen molar-refractivity contribution < 1.29 is 19.1 Å². The van der Waals surface area contributed by atoms with E-state index in [-0.39, 0.29) is 12.6 Å². The number of esters is 1. The first kappa shape index (κ1) is 22.7. The molecule has 0 aliphatic carbocycles. The van der Waals surface area contributed by atoms with Crippen LogP contribution in [0.1, 0.15) is 50.3 Å². The van der Waals surface area contributed by atoms with E-state index in [1.807, 2.05) is 48.5 Å². The minimum atomic E-state index is -0.616. The summed E-state index contributed by atoms with van der Waals surface area (Å²) in [6, 6.07) is 13.9. The Bertz CT molecular complexity index is 974. The Hall–Kier alpha value is -2.99. The third kappa shape index (κ3) is 6.01. The number of rotatable bonds is 9. The Morgan fingerprint density at radius 3 is 2.68 bits per heavy atom. The van der Waals surface area contributed by atoms with Crippen LogP contribution in [0.2, 0.25) is 5.02 Å². The number of allylic oxidation sites excluding steroid dienone is 1. The van der Waals surface area contributed by atoms with Crippen molar-refractivity contribution in [1.29, 1.82) is 0 Å². The number of carbonyl (C=O) groups is 2. The van der Waals surface area contributed by atoms with Crippen molar-refractivity contribution in [3.63, 3.8) is 0 Å². The van der Waals surface area contributed by atoms with Crippen LogP contribution < -0.4 is 15.4 Å². The van der Waals surface area contributed by atoms with Crippen LogP contribution in [0.15, 0.2) is 59.8 Å². The van der Waals surface area contributed by atoms with Gasteiger partial charge in [0.1, 0.15) is 12.4 Å². The van der Waals surface area contributed by atoms with Crippen molar-refractivity contribution >= 4 is 23.6 Å². The van der Waals surface area contributed by atoms with E-state index in [9.17, 15) is 9.59 Å². The van der Waals surface area contributed by atoms with E-state index in [2.05, 4.69) is 17.6 Å². The summed E-state index contributed by atoms with van der Waals surface area (Å²) in [6.07, 6.45) is 2.40. The lowest BCUT2D eigenvalue weighted by molar-refractivity contribution is -0.139. The molecule has 164 valence electrons. The lowest BCUT2D eigenvalue weighted by Crippen LogP contribution is -2.46. The van der Waals surface area contributed by atoms with Crippen molar-refractivity contribution in [3.8, 4) is 5.75 Å². The minimum absolute atomic E-state index is 0.257. The summed E-state index contributed by atoms with van der Waals surface area (Å²) in [5, 5.41) is 6.30. The minimum Gasteiger partial charge on any atom is -0.489 e. The van der Waals surface area contributed by atoms with Gasteiger partial charge >= 0.3 is 12.0 Å². The molecule has 6 nitrogen and oxygen atoms in total. The van der Waals surface area contributed by atoms with Gasteiger partial charge in [0.25, 0.3) is 0 Å². The number of halogens is 1. The highest BCUT2D eigenvalue weighted by Crippen LogP contribution is 2.31. The second-order valence-electron chi connectivity index (χ2n) is 7.24. The van der Waals surface area contributed by atoms with Gasteiger partial charge in [0, 0.05) is 10.7 Å². The van der Waals surface area contributed by atoms with Crippen LogP contribution in [-0.4, -0.2) is 18.6 Å². The number of urea groups is 1. The van der Waals surface area contributed by atoms with Gasteiger partial charge < -0.3 is 20.1 Å². The van der Waals surface area contributed by atoms with E-state index in [0.29, 0.717) is 35.1 Å². The third-order valence-electron chi connectivity index (χ3n) is 4.92. The SMILES string of the molecule is CCCCC1=C(C(=O)OCC)C(c2cccc(OCc3cccc(Cl)c3)c2)NC(=O)N1. The Balaban J connectivity index is 1.88. The normalized spacial score (nSPS) is 15.8. The van der Waals surface area contributed by atoms with Crippen LogP contribution in [0.25, 0.3) is 0 Å². The molecule has 0 saturated carbocycles. The molecular formula is C24H27ClN2O4. The lowest BCUT2D eigenvalue weighted by Gasteiger charge is -2.29. The number of hydrogen-bond acceptors (Lipinski definition) is 4. The monoisotopic (exact) mass is 442 g/mol. The number of hydrogen-bond donors (Lipinski definition) is 2. The van der Waals surface area contributed by atoms with E-state index < -0.39 is 12.0 Å². The molecule has 1 unspecified atom stereocenters. The van der Waals surface area contributed by atoms with Crippen molar-refractivity contribution in [1.82, 2.24) is 10.6 Å². The Labute approximate surface area is 187 Å². The summed E-state index contributed by atoms with van der Waals surface area (Å²) >= 11 is 6.04. The number of amides is 2. The molecule has 1 aliphatic rings. The summed E-state index contributed by atoms with van der Waals surface area (Å²) in [5.41, 5.74) is 2.73. The molecule has 2 aromatic carbocycles. The Kier molecular flexibility index (Phi) is 7.95. The number of carbonyl (C=O) groups excluding carboxylic acids is 2. The van der Waals surface area contributed by atoms with Crippen LogP contribution in [0, 0.1) is 0 Å². The number of unbranched alkanes of at least 4 members (excludes halogenated alkanes) is 1. The highest BCUT2D eigenvalue weighted by atomic mass is 35.5. The molecule has 2 amide bonds. The third-order valence-corrected chi connectivity index (χ3v) is 5.15. The predicted molar refractivity (Wildman–Crippen MR) is 120 cm³/mol. The van der Waals surface area contributed by atoms with E-state index in [4.69, 9.17) is 21.1 Å². The summed E-state index contributed by atoms with van der Waals surface area (Å²) in [5.74, 6) is 0.194. The zero-order valence-corrected chi connectivity index (χ0v) is 18.5. The number of nitrogens with one attached hydrogen (secondary N) is 2. The largest absolute Gasteiger partial charge is 0.489 e. The van der Waals surface area contributed by atoms with E-state index in [0.717, 1.165) is 24.0 Å². The summed E-state index contributed by atoms with van der Waals surface area (Å²) < 4.78 is 11.2. The first-order valence-electron chi connectivity index (χ1n) is 10.5. The lowest BCUT2D eigenvalue weighted by atomic mass is 9.93. The van der Waals surface area contributed by atoms with E-state index >= 15 is 0 Å². The van der Waals surface area contributed by atoms with Gasteiger partial charge in [0.2, 0.25) is 0 Å². The average molecular weight is 443 g/mol. The molecule has 0 bridgehead atoms. The second-order valence-corrected chi connectivity index (χ2v) is 7.68. The Morgan fingerprint density at radius 1 is 1.13 bits per heavy atom. The number of benzene rings is 2. The van der Waals surface area contributed by atoms with Gasteiger partial charge in [0.05, 0.1) is 18.2 Å². The molecule has 0 radical (unpaired) electrons. The van der Waals surface area contributed by atoms with Gasteiger partial charge in [-0.05, 0) is 55.2 Å². The van der Waals surface area contributed by atoms with E-state index in [1.165, 1.54) is 0 Å². The van der Waals surface area contributed by atoms with Gasteiger partial charge in [-0.2, -0.15) is 0 Å². The molecular weight excluding hydrogens is 416 g/mol. The zero-order valence-electron chi connectivity index (χ0n) is 17.7. The summed E-state index contributed by atoms with van der Waals surface area (Å²) in [4.78, 5) is 25.1. The van der Waals surface area contributed by atoms with Crippen LogP contribution >= 0.6 is 11.6 Å². The van der Waals surface area contributed by atoms with Gasteiger partial charge in [0.15, 0.2) is 0 Å². The van der Waals surface area contributed by atoms with Crippen molar-refractivity contribution in [2.24, 2.45) is 0 Å². The summed E-state index contributed by atoms with van der Waals surface area (Å²) in [6.45, 7) is 4.43. The molecule has 3 rings (SSSR count). The van der Waals surface area contributed by atoms with Crippen LogP contribution in [-0.2, 0) is 16.1 Å². The molecule has 1 atom stereocenters. The molecule has 0 aromatic heterocycles. The average Bonchev–Trinajstić information content (AvgIpc) is 2.76. The first-order chi connectivity index (χ1) is 15.0. The summed E-state index contributed by atoms with van der Waals surface area (Å²) in [7, 11) is 0. The molecule has 1 heterocycles. The molecule has 2 N–H and O–H groups in total. The molecule has 7 heteroatoms. The van der Waals surface area contributed by atoms with Crippen molar-refractivity contribution in [2.75, 3.05) is 6.61 Å². The highest BCUT2D eigenvalue weighted by molar-refractivity contribution is 6.30. The molecule has 1 aliphatic heterocycles. The quantitative estimate of drug-likeness (QED) is 0.518. The van der Waals surface area contributed by atoms with Gasteiger partial charge in [-0.25, -0.2) is 9.59 Å². The molecule has 2 aromatic rings. The van der Waals surface area contributed by atoms with Crippen LogP contribution in [0.3, 0.4) is 0 Å². The fourth-order valence-corrected chi connectivity index (χ4v) is 3.66. The highest BCUT2D eigenvalue weighted by Gasteiger charge is 2.33. The maximum Gasteiger partial charge on any atom is 0.338 e. The van der Waals surface area contributed by atoms with Gasteiger partial charge in [-0.3, -0.25) is 0 Å². The topological polar surface area (TPSA) is 76.7 Å². The van der Waals surface area contributed by atoms with Crippen LogP contribution in [0.4, 0.5) is 4.79 Å². The predicted octanol–water partition coefficient (Wildman–Crippen LogP) is 5.28. The first-order valence-corrected chi connectivity index (χ1v) is 10.8. The Morgan fingerprint density at radius 2 is 1.94 bits per heavy atom. The standard InChI is InChI=1S/C24H27ClN2O4/c1-3-5-12-20-21(23(28)30-4-2)22(27-24(29)26-20)17-9-7-11-19(14-17)31-15-16-8-6-10-18(25)13-16/h6-11,13-14,22H,3-5,12,15H2,1-2H3,(H2,26,27,29).